The van der Waals surface area contributed by atoms with Crippen molar-refractivity contribution in [2.45, 2.75) is 57.0 Å². The van der Waals surface area contributed by atoms with E-state index >= 15 is 0 Å². The molecule has 2 heteroatoms. The largest absolute Gasteiger partial charge is 0.329 e. The van der Waals surface area contributed by atoms with Gasteiger partial charge in [-0.15, -0.1) is 0 Å². The maximum Gasteiger partial charge on any atom is 0.0446 e. The third-order valence-electron chi connectivity index (χ3n) is 4.75. The summed E-state index contributed by atoms with van der Waals surface area (Å²) in [5.41, 5.74) is 8.83. The zero-order valence-electron chi connectivity index (χ0n) is 11.9. The smallest absolute Gasteiger partial charge is 0.0446 e. The van der Waals surface area contributed by atoms with E-state index in [1.54, 1.807) is 0 Å². The first kappa shape index (κ1) is 13.1. The Bertz CT molecular complexity index is 408. The number of hydrogen-bond acceptors (Lipinski definition) is 2. The van der Waals surface area contributed by atoms with Gasteiger partial charge in [-0.2, -0.15) is 0 Å². The second-order valence-electron chi connectivity index (χ2n) is 6.51. The van der Waals surface area contributed by atoms with Crippen LogP contribution in [0.25, 0.3) is 0 Å². The van der Waals surface area contributed by atoms with Crippen LogP contribution in [-0.4, -0.2) is 12.6 Å². The minimum absolute atomic E-state index is 0.323. The zero-order chi connectivity index (χ0) is 13.2. The van der Waals surface area contributed by atoms with Gasteiger partial charge in [-0.3, -0.25) is 0 Å². The normalized spacial score (nSPS) is 28.5. The maximum absolute atomic E-state index is 5.97. The summed E-state index contributed by atoms with van der Waals surface area (Å²) in [6.45, 7) is 3.04. The summed E-state index contributed by atoms with van der Waals surface area (Å²) in [5.74, 6) is 1.71. The summed E-state index contributed by atoms with van der Waals surface area (Å²) in [4.78, 5) is 0. The molecule has 0 aliphatic heterocycles. The van der Waals surface area contributed by atoms with Crippen molar-refractivity contribution in [3.05, 3.63) is 35.4 Å². The molecule has 2 nitrogen and oxygen atoms in total. The van der Waals surface area contributed by atoms with Crippen molar-refractivity contribution in [3.8, 4) is 0 Å². The monoisotopic (exact) mass is 258 g/mol. The Kier molecular flexibility index (Phi) is 3.90. The number of benzene rings is 1. The van der Waals surface area contributed by atoms with E-state index < -0.39 is 0 Å². The van der Waals surface area contributed by atoms with Gasteiger partial charge in [-0.05, 0) is 55.1 Å². The number of nitrogens with two attached hydrogens (primary N) is 1. The Morgan fingerprint density at radius 1 is 1.16 bits per heavy atom. The minimum Gasteiger partial charge on any atom is -0.329 e. The van der Waals surface area contributed by atoms with E-state index in [0.717, 1.165) is 11.8 Å². The van der Waals surface area contributed by atoms with Gasteiger partial charge in [0.2, 0.25) is 0 Å². The second kappa shape index (κ2) is 5.64. The molecule has 1 aromatic rings. The molecule has 0 spiro atoms. The molecule has 1 aromatic carbocycles. The van der Waals surface area contributed by atoms with Crippen LogP contribution in [0.3, 0.4) is 0 Å². The average molecular weight is 258 g/mol. The first-order valence-electron chi connectivity index (χ1n) is 7.82. The molecule has 3 N–H and O–H groups in total. The van der Waals surface area contributed by atoms with Gasteiger partial charge < -0.3 is 11.1 Å². The fourth-order valence-corrected chi connectivity index (χ4v) is 3.36. The van der Waals surface area contributed by atoms with E-state index in [1.165, 1.54) is 43.2 Å². The molecule has 3 unspecified atom stereocenters. The van der Waals surface area contributed by atoms with Crippen LogP contribution in [0.2, 0.25) is 0 Å². The van der Waals surface area contributed by atoms with Crippen LogP contribution in [0.1, 0.15) is 62.1 Å². The summed E-state index contributed by atoms with van der Waals surface area (Å²) in [6, 6.07) is 10.1. The SMILES string of the molecule is CC1CCC(NC(CN)c2ccc(C3CC3)cc2)C1. The van der Waals surface area contributed by atoms with Gasteiger partial charge in [-0.1, -0.05) is 31.2 Å². The highest BCUT2D eigenvalue weighted by molar-refractivity contribution is 5.30. The van der Waals surface area contributed by atoms with Gasteiger partial charge in [0.1, 0.15) is 0 Å². The van der Waals surface area contributed by atoms with Crippen molar-refractivity contribution in [3.63, 3.8) is 0 Å². The van der Waals surface area contributed by atoms with Crippen LogP contribution in [-0.2, 0) is 0 Å². The Hall–Kier alpha value is -0.860. The average Bonchev–Trinajstić information content (AvgIpc) is 3.20. The molecule has 3 atom stereocenters. The lowest BCUT2D eigenvalue weighted by molar-refractivity contribution is 0.434. The predicted octanol–water partition coefficient (Wildman–Crippen LogP) is 3.34. The number of hydrogen-bond donors (Lipinski definition) is 2. The molecule has 0 heterocycles. The van der Waals surface area contributed by atoms with E-state index in [9.17, 15) is 0 Å². The first-order chi connectivity index (χ1) is 9.26. The predicted molar refractivity (Wildman–Crippen MR) is 80.2 cm³/mol. The van der Waals surface area contributed by atoms with Gasteiger partial charge in [0.05, 0.1) is 0 Å². The van der Waals surface area contributed by atoms with E-state index in [-0.39, 0.29) is 0 Å². The minimum atomic E-state index is 0.323. The van der Waals surface area contributed by atoms with Crippen molar-refractivity contribution >= 4 is 0 Å². The third kappa shape index (κ3) is 3.18. The number of rotatable bonds is 5. The van der Waals surface area contributed by atoms with Crippen LogP contribution < -0.4 is 11.1 Å². The molecule has 3 rings (SSSR count). The molecule has 2 fully saturated rings. The molecule has 2 aliphatic carbocycles. The van der Waals surface area contributed by atoms with Crippen LogP contribution in [0, 0.1) is 5.92 Å². The molecule has 0 radical (unpaired) electrons. The quantitative estimate of drug-likeness (QED) is 0.850. The Morgan fingerprint density at radius 3 is 2.42 bits per heavy atom. The fraction of sp³-hybridized carbons (Fsp3) is 0.647. The van der Waals surface area contributed by atoms with E-state index in [1.807, 2.05) is 0 Å². The second-order valence-corrected chi connectivity index (χ2v) is 6.51. The van der Waals surface area contributed by atoms with Crippen molar-refractivity contribution in [1.82, 2.24) is 5.32 Å². The molecule has 0 bridgehead atoms. The van der Waals surface area contributed by atoms with Crippen LogP contribution in [0.5, 0.6) is 0 Å². The van der Waals surface area contributed by atoms with Crippen LogP contribution >= 0.6 is 0 Å². The molecule has 0 aromatic heterocycles. The Morgan fingerprint density at radius 2 is 1.89 bits per heavy atom. The summed E-state index contributed by atoms with van der Waals surface area (Å²) in [5, 5.41) is 3.75. The van der Waals surface area contributed by atoms with Crippen molar-refractivity contribution in [2.24, 2.45) is 11.7 Å². The highest BCUT2D eigenvalue weighted by Crippen LogP contribution is 2.40. The molecule has 104 valence electrons. The topological polar surface area (TPSA) is 38.0 Å². The lowest BCUT2D eigenvalue weighted by Gasteiger charge is -2.22. The van der Waals surface area contributed by atoms with E-state index in [4.69, 9.17) is 5.73 Å². The summed E-state index contributed by atoms with van der Waals surface area (Å²) >= 11 is 0. The Labute approximate surface area is 116 Å². The summed E-state index contributed by atoms with van der Waals surface area (Å²) < 4.78 is 0. The molecule has 0 saturated heterocycles. The van der Waals surface area contributed by atoms with Crippen molar-refractivity contribution in [1.29, 1.82) is 0 Å². The van der Waals surface area contributed by atoms with Crippen LogP contribution in [0.4, 0.5) is 0 Å². The molecule has 0 amide bonds. The highest BCUT2D eigenvalue weighted by Gasteiger charge is 2.25. The highest BCUT2D eigenvalue weighted by atomic mass is 15.0. The van der Waals surface area contributed by atoms with Crippen LogP contribution in [0.15, 0.2) is 24.3 Å². The molecular weight excluding hydrogens is 232 g/mol. The lowest BCUT2D eigenvalue weighted by Crippen LogP contribution is -2.35. The van der Waals surface area contributed by atoms with E-state index in [2.05, 4.69) is 36.5 Å². The summed E-state index contributed by atoms with van der Waals surface area (Å²) in [6.07, 6.45) is 6.71. The zero-order valence-corrected chi connectivity index (χ0v) is 11.9. The number of nitrogens with one attached hydrogen (secondary N) is 1. The van der Waals surface area contributed by atoms with Gasteiger partial charge in [-0.25, -0.2) is 0 Å². The van der Waals surface area contributed by atoms with Gasteiger partial charge in [0.15, 0.2) is 0 Å². The summed E-state index contributed by atoms with van der Waals surface area (Å²) in [7, 11) is 0. The standard InChI is InChI=1S/C17H26N2/c1-12-2-9-16(10-12)19-17(11-18)15-7-5-14(6-8-15)13-3-4-13/h5-8,12-13,16-17,19H,2-4,9-11,18H2,1H3. The van der Waals surface area contributed by atoms with Crippen molar-refractivity contribution < 1.29 is 0 Å². The third-order valence-corrected chi connectivity index (χ3v) is 4.75. The van der Waals surface area contributed by atoms with Gasteiger partial charge in [0, 0.05) is 18.6 Å². The molecule has 19 heavy (non-hydrogen) atoms. The molecule has 2 saturated carbocycles. The maximum atomic E-state index is 5.97. The fourth-order valence-electron chi connectivity index (χ4n) is 3.36. The van der Waals surface area contributed by atoms with Crippen molar-refractivity contribution in [2.75, 3.05) is 6.54 Å². The Balaban J connectivity index is 1.63. The van der Waals surface area contributed by atoms with Gasteiger partial charge in [0.25, 0.3) is 0 Å². The molecule has 2 aliphatic rings. The first-order valence-corrected chi connectivity index (χ1v) is 7.82. The van der Waals surface area contributed by atoms with E-state index in [0.29, 0.717) is 18.6 Å². The lowest BCUT2D eigenvalue weighted by atomic mass is 10.0. The molecular formula is C17H26N2. The van der Waals surface area contributed by atoms with Gasteiger partial charge >= 0.3 is 0 Å².